The Kier molecular flexibility index (Phi) is 5.30. The van der Waals surface area contributed by atoms with Crippen LogP contribution in [0, 0.1) is 0 Å². The largest absolute Gasteiger partial charge is 0.477 e. The van der Waals surface area contributed by atoms with Crippen molar-refractivity contribution in [2.75, 3.05) is 20.1 Å². The van der Waals surface area contributed by atoms with Crippen LogP contribution in [0.2, 0.25) is 5.02 Å². The van der Waals surface area contributed by atoms with E-state index in [2.05, 4.69) is 10.5 Å². The van der Waals surface area contributed by atoms with Gasteiger partial charge in [0.05, 0.1) is 6.04 Å². The lowest BCUT2D eigenvalue weighted by atomic mass is 9.89. The molecule has 1 aliphatic heterocycles. The fourth-order valence-electron chi connectivity index (χ4n) is 3.05. The third-order valence-electron chi connectivity index (χ3n) is 4.71. The summed E-state index contributed by atoms with van der Waals surface area (Å²) in [4.78, 5) is 15.0. The highest BCUT2D eigenvalue weighted by molar-refractivity contribution is 6.30. The number of carbonyl (C=O) groups excluding carboxylic acids is 1. The number of amides is 1. The number of ether oxygens (including phenoxy) is 1. The van der Waals surface area contributed by atoms with E-state index < -0.39 is 5.60 Å². The first-order chi connectivity index (χ1) is 12.0. The van der Waals surface area contributed by atoms with Gasteiger partial charge in [0.1, 0.15) is 17.7 Å². The van der Waals surface area contributed by atoms with Crippen LogP contribution in [0.3, 0.4) is 0 Å². The van der Waals surface area contributed by atoms with Gasteiger partial charge >= 0.3 is 0 Å². The molecule has 3 rings (SSSR count). The van der Waals surface area contributed by atoms with Gasteiger partial charge in [0.2, 0.25) is 0 Å². The van der Waals surface area contributed by atoms with Crippen LogP contribution in [0.5, 0.6) is 5.75 Å². The molecule has 2 aromatic rings. The SMILES string of the molecule is C[C@H](c1ccon1)N(C)C(=O)C1(Oc2ccc(Cl)cc2)CCNCC1. The van der Waals surface area contributed by atoms with Gasteiger partial charge in [0.25, 0.3) is 5.91 Å². The summed E-state index contributed by atoms with van der Waals surface area (Å²) >= 11 is 5.94. The second-order valence-corrected chi connectivity index (χ2v) is 6.75. The summed E-state index contributed by atoms with van der Waals surface area (Å²) in [5.41, 5.74) is -0.183. The number of piperidine rings is 1. The van der Waals surface area contributed by atoms with Gasteiger partial charge in [0, 0.05) is 31.0 Å². The van der Waals surface area contributed by atoms with Gasteiger partial charge in [-0.05, 0) is 44.3 Å². The quantitative estimate of drug-likeness (QED) is 0.884. The lowest BCUT2D eigenvalue weighted by Gasteiger charge is -2.40. The molecule has 0 aliphatic carbocycles. The lowest BCUT2D eigenvalue weighted by Crippen LogP contribution is -2.57. The van der Waals surface area contributed by atoms with Crippen molar-refractivity contribution in [3.8, 4) is 5.75 Å². The molecule has 0 unspecified atom stereocenters. The molecule has 1 aliphatic rings. The Labute approximate surface area is 152 Å². The number of carbonyl (C=O) groups is 1. The standard InChI is InChI=1S/C18H22ClN3O3/c1-13(16-7-12-24-21-16)22(2)17(23)18(8-10-20-11-9-18)25-15-5-3-14(19)4-6-15/h3-7,12-13,20H,8-11H2,1-2H3/t13-/m1/s1. The topological polar surface area (TPSA) is 67.6 Å². The van der Waals surface area contributed by atoms with Crippen LogP contribution in [0.4, 0.5) is 0 Å². The highest BCUT2D eigenvalue weighted by atomic mass is 35.5. The van der Waals surface area contributed by atoms with Crippen molar-refractivity contribution >= 4 is 17.5 Å². The molecule has 1 atom stereocenters. The van der Waals surface area contributed by atoms with Crippen molar-refractivity contribution in [3.05, 3.63) is 47.3 Å². The zero-order valence-corrected chi connectivity index (χ0v) is 15.1. The number of aromatic nitrogens is 1. The summed E-state index contributed by atoms with van der Waals surface area (Å²) in [5.74, 6) is 0.585. The maximum atomic E-state index is 13.3. The van der Waals surface area contributed by atoms with E-state index >= 15 is 0 Å². The molecule has 0 saturated carbocycles. The molecule has 1 N–H and O–H groups in total. The summed E-state index contributed by atoms with van der Waals surface area (Å²) in [5, 5.41) is 7.86. The second-order valence-electron chi connectivity index (χ2n) is 6.32. The van der Waals surface area contributed by atoms with Crippen LogP contribution in [0.15, 0.2) is 41.1 Å². The third-order valence-corrected chi connectivity index (χ3v) is 4.97. The van der Waals surface area contributed by atoms with Crippen LogP contribution in [0.25, 0.3) is 0 Å². The molecular weight excluding hydrogens is 342 g/mol. The van der Waals surface area contributed by atoms with Crippen molar-refractivity contribution in [3.63, 3.8) is 0 Å². The summed E-state index contributed by atoms with van der Waals surface area (Å²) in [7, 11) is 1.77. The highest BCUT2D eigenvalue weighted by Gasteiger charge is 2.45. The third kappa shape index (κ3) is 3.80. The van der Waals surface area contributed by atoms with Crippen molar-refractivity contribution in [2.24, 2.45) is 0 Å². The van der Waals surface area contributed by atoms with E-state index in [0.29, 0.717) is 29.3 Å². The van der Waals surface area contributed by atoms with E-state index in [1.54, 1.807) is 42.3 Å². The first kappa shape index (κ1) is 17.8. The molecule has 134 valence electrons. The van der Waals surface area contributed by atoms with E-state index in [1.807, 2.05) is 6.92 Å². The van der Waals surface area contributed by atoms with E-state index in [-0.39, 0.29) is 11.9 Å². The molecule has 1 saturated heterocycles. The normalized spacial score (nSPS) is 17.7. The van der Waals surface area contributed by atoms with Crippen LogP contribution in [0.1, 0.15) is 31.5 Å². The fraction of sp³-hybridized carbons (Fsp3) is 0.444. The Morgan fingerprint density at radius 2 is 2.00 bits per heavy atom. The molecule has 6 nitrogen and oxygen atoms in total. The molecular formula is C18H22ClN3O3. The molecule has 1 aromatic heterocycles. The van der Waals surface area contributed by atoms with Gasteiger partial charge in [-0.1, -0.05) is 16.8 Å². The van der Waals surface area contributed by atoms with Crippen molar-refractivity contribution in [2.45, 2.75) is 31.4 Å². The molecule has 0 radical (unpaired) electrons. The molecule has 1 amide bonds. The van der Waals surface area contributed by atoms with E-state index in [0.717, 1.165) is 13.1 Å². The van der Waals surface area contributed by atoms with Crippen molar-refractivity contribution in [1.82, 2.24) is 15.4 Å². The molecule has 2 heterocycles. The van der Waals surface area contributed by atoms with Crippen LogP contribution in [-0.4, -0.2) is 41.7 Å². The Morgan fingerprint density at radius 3 is 2.60 bits per heavy atom. The second kappa shape index (κ2) is 7.45. The number of hydrogen-bond donors (Lipinski definition) is 1. The molecule has 0 bridgehead atoms. The molecule has 1 aromatic carbocycles. The maximum Gasteiger partial charge on any atom is 0.267 e. The first-order valence-electron chi connectivity index (χ1n) is 8.35. The number of likely N-dealkylation sites (N-methyl/N-ethyl adjacent to an activating group) is 1. The fourth-order valence-corrected chi connectivity index (χ4v) is 3.18. The highest BCUT2D eigenvalue weighted by Crippen LogP contribution is 2.31. The van der Waals surface area contributed by atoms with E-state index in [4.69, 9.17) is 20.9 Å². The first-order valence-corrected chi connectivity index (χ1v) is 8.72. The van der Waals surface area contributed by atoms with Gasteiger partial charge < -0.3 is 19.5 Å². The zero-order valence-electron chi connectivity index (χ0n) is 14.4. The Hall–Kier alpha value is -2.05. The number of nitrogens with one attached hydrogen (secondary N) is 1. The number of nitrogens with zero attached hydrogens (tertiary/aromatic N) is 2. The average Bonchev–Trinajstić information content (AvgIpc) is 3.17. The van der Waals surface area contributed by atoms with Crippen molar-refractivity contribution in [1.29, 1.82) is 0 Å². The van der Waals surface area contributed by atoms with Gasteiger partial charge in [-0.3, -0.25) is 4.79 Å². The zero-order chi connectivity index (χ0) is 17.9. The predicted octanol–water partition coefficient (Wildman–Crippen LogP) is 3.05. The number of halogens is 1. The van der Waals surface area contributed by atoms with Gasteiger partial charge in [-0.25, -0.2) is 0 Å². The summed E-state index contributed by atoms with van der Waals surface area (Å²) in [6.45, 7) is 3.38. The number of benzene rings is 1. The van der Waals surface area contributed by atoms with Crippen LogP contribution < -0.4 is 10.1 Å². The molecule has 25 heavy (non-hydrogen) atoms. The molecule has 1 fully saturated rings. The summed E-state index contributed by atoms with van der Waals surface area (Å²) in [6, 6.07) is 8.67. The van der Waals surface area contributed by atoms with Crippen LogP contribution in [-0.2, 0) is 4.79 Å². The minimum atomic E-state index is -0.897. The maximum absolute atomic E-state index is 13.3. The van der Waals surface area contributed by atoms with Crippen molar-refractivity contribution < 1.29 is 14.1 Å². The van der Waals surface area contributed by atoms with Crippen LogP contribution >= 0.6 is 11.6 Å². The van der Waals surface area contributed by atoms with E-state index in [9.17, 15) is 4.79 Å². The minimum absolute atomic E-state index is 0.0561. The number of hydrogen-bond acceptors (Lipinski definition) is 5. The Bertz CT molecular complexity index is 697. The predicted molar refractivity (Wildman–Crippen MR) is 94.6 cm³/mol. The molecule has 0 spiro atoms. The van der Waals surface area contributed by atoms with Gasteiger partial charge in [-0.2, -0.15) is 0 Å². The van der Waals surface area contributed by atoms with Gasteiger partial charge in [-0.15, -0.1) is 0 Å². The molecule has 7 heteroatoms. The minimum Gasteiger partial charge on any atom is -0.477 e. The monoisotopic (exact) mass is 363 g/mol. The summed E-state index contributed by atoms with van der Waals surface area (Å²) < 4.78 is 11.1. The van der Waals surface area contributed by atoms with Gasteiger partial charge in [0.15, 0.2) is 5.60 Å². The average molecular weight is 364 g/mol. The lowest BCUT2D eigenvalue weighted by molar-refractivity contribution is -0.151. The van der Waals surface area contributed by atoms with E-state index in [1.165, 1.54) is 6.26 Å². The number of rotatable bonds is 5. The Morgan fingerprint density at radius 1 is 1.32 bits per heavy atom. The summed E-state index contributed by atoms with van der Waals surface area (Å²) in [6.07, 6.45) is 2.71. The Balaban J connectivity index is 1.83. The smallest absolute Gasteiger partial charge is 0.267 e.